The van der Waals surface area contributed by atoms with Gasteiger partial charge >= 0.3 is 0 Å². The van der Waals surface area contributed by atoms with Gasteiger partial charge in [-0.05, 0) is 44.2 Å². The molecule has 150 valence electrons. The Morgan fingerprint density at radius 2 is 1.96 bits per heavy atom. The van der Waals surface area contributed by atoms with Crippen LogP contribution in [0.2, 0.25) is 0 Å². The van der Waals surface area contributed by atoms with Crippen molar-refractivity contribution in [2.75, 3.05) is 34.9 Å². The lowest BCUT2D eigenvalue weighted by Gasteiger charge is -2.37. The molecule has 0 aliphatic carbocycles. The second-order valence-electron chi connectivity index (χ2n) is 8.20. The molecule has 0 bridgehead atoms. The number of benzene rings is 1. The highest BCUT2D eigenvalue weighted by Gasteiger charge is 2.34. The van der Waals surface area contributed by atoms with Crippen molar-refractivity contribution in [3.05, 3.63) is 41.7 Å². The fraction of sp³-hybridized carbons (Fsp3) is 0.500. The first-order valence-corrected chi connectivity index (χ1v) is 9.88. The summed E-state index contributed by atoms with van der Waals surface area (Å²) in [5, 5.41) is 0. The number of halogens is 1. The highest BCUT2D eigenvalue weighted by molar-refractivity contribution is 5.85. The number of rotatable bonds is 2. The molecular weight excluding hydrogens is 374 g/mol. The van der Waals surface area contributed by atoms with Crippen molar-refractivity contribution in [3.8, 4) is 0 Å². The van der Waals surface area contributed by atoms with E-state index in [0.29, 0.717) is 0 Å². The number of para-hydroxylation sites is 1. The Labute approximate surface area is 172 Å². The molecule has 8 heteroatoms. The molecule has 0 spiro atoms. The Bertz CT molecular complexity index is 846. The predicted molar refractivity (Wildman–Crippen MR) is 115 cm³/mol. The molecule has 1 fully saturated rings. The van der Waals surface area contributed by atoms with Crippen LogP contribution in [-0.2, 0) is 6.42 Å². The van der Waals surface area contributed by atoms with Crippen LogP contribution in [-0.4, -0.2) is 35.1 Å². The number of piperidine rings is 1. The molecule has 0 radical (unpaired) electrons. The minimum absolute atomic E-state index is 0. The molecule has 4 heterocycles. The van der Waals surface area contributed by atoms with E-state index in [0.717, 1.165) is 62.6 Å². The van der Waals surface area contributed by atoms with E-state index in [9.17, 15) is 0 Å². The topological polar surface area (TPSA) is 82.3 Å². The Hall–Kier alpha value is -2.09. The summed E-state index contributed by atoms with van der Waals surface area (Å²) in [6.07, 6.45) is 6.17. The summed E-state index contributed by atoms with van der Waals surface area (Å²) in [6.45, 7) is 5.00. The Kier molecular flexibility index (Phi) is 5.07. The number of hydrazine groups is 1. The molecule has 3 aliphatic heterocycles. The highest BCUT2D eigenvalue weighted by Crippen LogP contribution is 2.37. The summed E-state index contributed by atoms with van der Waals surface area (Å²) in [6, 6.07) is 8.65. The van der Waals surface area contributed by atoms with Crippen LogP contribution in [0.5, 0.6) is 0 Å². The molecule has 1 aromatic heterocycles. The number of nitrogens with two attached hydrogens (primary N) is 1. The Morgan fingerprint density at radius 3 is 2.79 bits per heavy atom. The first-order valence-electron chi connectivity index (χ1n) is 9.88. The van der Waals surface area contributed by atoms with Gasteiger partial charge in [-0.3, -0.25) is 0 Å². The fourth-order valence-electron chi connectivity index (χ4n) is 4.34. The molecule has 28 heavy (non-hydrogen) atoms. The lowest BCUT2D eigenvalue weighted by Crippen LogP contribution is -2.48. The smallest absolute Gasteiger partial charge is 0.168 e. The number of nitrogens with zero attached hydrogens (tertiary/aromatic N) is 4. The summed E-state index contributed by atoms with van der Waals surface area (Å²) in [4.78, 5) is 14.3. The maximum Gasteiger partial charge on any atom is 0.168 e. The highest BCUT2D eigenvalue weighted by atomic mass is 35.5. The van der Waals surface area contributed by atoms with Gasteiger partial charge in [0.05, 0.1) is 6.20 Å². The minimum atomic E-state index is -0.0623. The normalized spacial score (nSPS) is 22.7. The van der Waals surface area contributed by atoms with Gasteiger partial charge < -0.3 is 21.0 Å². The molecule has 5 rings (SSSR count). The van der Waals surface area contributed by atoms with Gasteiger partial charge in [-0.25, -0.2) is 15.4 Å². The number of fused-ring (bicyclic) bond motifs is 2. The zero-order valence-electron chi connectivity index (χ0n) is 16.2. The lowest BCUT2D eigenvalue weighted by molar-refractivity contribution is 0.363. The number of hydrogen-bond acceptors (Lipinski definition) is 7. The van der Waals surface area contributed by atoms with Gasteiger partial charge in [0.25, 0.3) is 0 Å². The number of nitrogens with one attached hydrogen (secondary N) is 2. The second kappa shape index (κ2) is 7.39. The maximum atomic E-state index is 6.26. The first kappa shape index (κ1) is 19.2. The van der Waals surface area contributed by atoms with Gasteiger partial charge in [0.1, 0.15) is 17.7 Å². The summed E-state index contributed by atoms with van der Waals surface area (Å²) in [7, 11) is 0. The SMILES string of the molecule is CC1(N)CCN(c2cnc3c(n2)NNC3N2CCCc3ccccc32)CC1.Cl. The van der Waals surface area contributed by atoms with Crippen molar-refractivity contribution < 1.29 is 0 Å². The lowest BCUT2D eigenvalue weighted by atomic mass is 9.91. The minimum Gasteiger partial charge on any atom is -0.355 e. The van der Waals surface area contributed by atoms with Crippen molar-refractivity contribution >= 4 is 29.7 Å². The van der Waals surface area contributed by atoms with E-state index in [2.05, 4.69) is 51.8 Å². The largest absolute Gasteiger partial charge is 0.355 e. The van der Waals surface area contributed by atoms with Crippen LogP contribution >= 0.6 is 12.4 Å². The van der Waals surface area contributed by atoms with E-state index in [1.165, 1.54) is 11.3 Å². The number of aromatic nitrogens is 2. The zero-order valence-corrected chi connectivity index (χ0v) is 17.0. The quantitative estimate of drug-likeness (QED) is 0.713. The first-order chi connectivity index (χ1) is 13.1. The molecule has 0 saturated carbocycles. The second-order valence-corrected chi connectivity index (χ2v) is 8.20. The van der Waals surface area contributed by atoms with Gasteiger partial charge in [-0.15, -0.1) is 12.4 Å². The van der Waals surface area contributed by atoms with Gasteiger partial charge in [0, 0.05) is 30.9 Å². The molecule has 1 saturated heterocycles. The van der Waals surface area contributed by atoms with Crippen molar-refractivity contribution in [1.29, 1.82) is 0 Å². The van der Waals surface area contributed by atoms with Gasteiger partial charge in [0.15, 0.2) is 5.82 Å². The van der Waals surface area contributed by atoms with Gasteiger partial charge in [0.2, 0.25) is 0 Å². The fourth-order valence-corrected chi connectivity index (χ4v) is 4.34. The van der Waals surface area contributed by atoms with E-state index in [4.69, 9.17) is 15.7 Å². The van der Waals surface area contributed by atoms with Crippen LogP contribution in [0.3, 0.4) is 0 Å². The molecule has 4 N–H and O–H groups in total. The summed E-state index contributed by atoms with van der Waals surface area (Å²) >= 11 is 0. The third kappa shape index (κ3) is 3.38. The number of aryl methyl sites for hydroxylation is 1. The average molecular weight is 402 g/mol. The Morgan fingerprint density at radius 1 is 1.18 bits per heavy atom. The summed E-state index contributed by atoms with van der Waals surface area (Å²) in [5.41, 5.74) is 16.5. The van der Waals surface area contributed by atoms with Crippen LogP contribution in [0.4, 0.5) is 17.3 Å². The van der Waals surface area contributed by atoms with Crippen LogP contribution in [0.1, 0.15) is 43.6 Å². The molecule has 7 nitrogen and oxygen atoms in total. The van der Waals surface area contributed by atoms with E-state index in [-0.39, 0.29) is 24.1 Å². The van der Waals surface area contributed by atoms with Crippen molar-refractivity contribution in [3.63, 3.8) is 0 Å². The predicted octanol–water partition coefficient (Wildman–Crippen LogP) is 2.60. The number of hydrogen-bond donors (Lipinski definition) is 3. The molecule has 3 aliphatic rings. The standard InChI is InChI=1S/C20H27N7.ClH/c1-20(21)8-11-26(12-9-20)16-13-22-17-18(23-16)24-25-19(17)27-10-4-6-14-5-2-3-7-15(14)27;/h2-3,5,7,13,19,25H,4,6,8-12,21H2,1H3,(H,23,24);1H. The molecule has 1 atom stereocenters. The van der Waals surface area contributed by atoms with Crippen molar-refractivity contribution in [2.45, 2.75) is 44.3 Å². The Balaban J connectivity index is 0.00000192. The van der Waals surface area contributed by atoms with Crippen LogP contribution < -0.4 is 26.4 Å². The van der Waals surface area contributed by atoms with E-state index in [1.807, 2.05) is 6.20 Å². The van der Waals surface area contributed by atoms with E-state index in [1.54, 1.807) is 0 Å². The zero-order chi connectivity index (χ0) is 18.4. The third-order valence-electron chi connectivity index (χ3n) is 6.06. The van der Waals surface area contributed by atoms with Crippen LogP contribution in [0.15, 0.2) is 30.5 Å². The van der Waals surface area contributed by atoms with E-state index < -0.39 is 0 Å². The maximum absolute atomic E-state index is 6.26. The average Bonchev–Trinajstić information content (AvgIpc) is 3.10. The molecule has 1 aromatic carbocycles. The molecule has 0 amide bonds. The van der Waals surface area contributed by atoms with Crippen LogP contribution in [0, 0.1) is 0 Å². The van der Waals surface area contributed by atoms with Gasteiger partial charge in [-0.2, -0.15) is 0 Å². The third-order valence-corrected chi connectivity index (χ3v) is 6.06. The number of anilines is 3. The van der Waals surface area contributed by atoms with Gasteiger partial charge in [-0.1, -0.05) is 18.2 Å². The monoisotopic (exact) mass is 401 g/mol. The summed E-state index contributed by atoms with van der Waals surface area (Å²) in [5.74, 6) is 1.76. The molecular formula is C20H28ClN7. The summed E-state index contributed by atoms with van der Waals surface area (Å²) < 4.78 is 0. The van der Waals surface area contributed by atoms with Crippen LogP contribution in [0.25, 0.3) is 0 Å². The molecule has 1 unspecified atom stereocenters. The van der Waals surface area contributed by atoms with E-state index >= 15 is 0 Å². The van der Waals surface area contributed by atoms with Crippen molar-refractivity contribution in [1.82, 2.24) is 15.4 Å². The molecule has 2 aromatic rings. The van der Waals surface area contributed by atoms with Crippen molar-refractivity contribution in [2.24, 2.45) is 5.73 Å².